The van der Waals surface area contributed by atoms with Gasteiger partial charge in [0.25, 0.3) is 0 Å². The average molecular weight is 464 g/mol. The Morgan fingerprint density at radius 2 is 1.72 bits per heavy atom. The van der Waals surface area contributed by atoms with E-state index in [4.69, 9.17) is 31.0 Å². The molecule has 3 rings (SSSR count). The third kappa shape index (κ3) is 3.81. The molecule has 13 heteroatoms. The van der Waals surface area contributed by atoms with Gasteiger partial charge in [0.15, 0.2) is 11.5 Å². The largest absolute Gasteiger partial charge is 0.493 e. The van der Waals surface area contributed by atoms with Crippen molar-refractivity contribution < 1.29 is 31.0 Å². The van der Waals surface area contributed by atoms with Crippen molar-refractivity contribution in [1.29, 1.82) is 0 Å². The number of fused-ring (bicyclic) bond motifs is 1. The Kier molecular flexibility index (Phi) is 5.58. The van der Waals surface area contributed by atoms with Crippen LogP contribution in [0.15, 0.2) is 34.1 Å². The van der Waals surface area contributed by atoms with E-state index >= 15 is 0 Å². The summed E-state index contributed by atoms with van der Waals surface area (Å²) < 4.78 is 67.3. The minimum atomic E-state index is -4.21. The molecule has 1 aliphatic rings. The Hall–Kier alpha value is -2.25. The predicted molar refractivity (Wildman–Crippen MR) is 106 cm³/mol. The monoisotopic (exact) mass is 463 g/mol. The maximum Gasteiger partial charge on any atom is 0.244 e. The summed E-state index contributed by atoms with van der Waals surface area (Å²) in [6.45, 7) is 0. The van der Waals surface area contributed by atoms with Crippen molar-refractivity contribution in [3.05, 3.63) is 34.9 Å². The second-order valence-electron chi connectivity index (χ2n) is 5.95. The molecule has 1 atom stereocenters. The number of hydrogen-bond donors (Lipinski definition) is 3. The van der Waals surface area contributed by atoms with Gasteiger partial charge in [-0.2, -0.15) is 4.72 Å². The van der Waals surface area contributed by atoms with Crippen molar-refractivity contribution >= 4 is 37.3 Å². The van der Waals surface area contributed by atoms with Gasteiger partial charge in [0.2, 0.25) is 25.8 Å². The number of methoxy groups -OCH3 is 3. The third-order valence-electron chi connectivity index (χ3n) is 4.25. The van der Waals surface area contributed by atoms with Gasteiger partial charge in [0, 0.05) is 5.56 Å². The molecule has 1 aliphatic heterocycles. The summed E-state index contributed by atoms with van der Waals surface area (Å²) in [5.41, 5.74) is 0.508. The number of anilines is 1. The van der Waals surface area contributed by atoms with Gasteiger partial charge in [-0.15, -0.1) is 0 Å². The highest BCUT2D eigenvalue weighted by Crippen LogP contribution is 2.44. The second-order valence-corrected chi connectivity index (χ2v) is 9.57. The first-order valence-electron chi connectivity index (χ1n) is 7.97. The molecule has 158 valence electrons. The van der Waals surface area contributed by atoms with Crippen LogP contribution in [0.5, 0.6) is 17.2 Å². The highest BCUT2D eigenvalue weighted by molar-refractivity contribution is 7.90. The first-order chi connectivity index (χ1) is 13.5. The number of halogens is 1. The highest BCUT2D eigenvalue weighted by Gasteiger charge is 2.34. The molecule has 1 heterocycles. The van der Waals surface area contributed by atoms with Crippen LogP contribution >= 0.6 is 11.6 Å². The molecule has 2 aromatic carbocycles. The number of nitrogens with one attached hydrogen (secondary N) is 2. The topological polar surface area (TPSA) is 146 Å². The quantitative estimate of drug-likeness (QED) is 0.603. The normalized spacial score (nSPS) is 17.8. The number of ether oxygens (including phenoxy) is 3. The van der Waals surface area contributed by atoms with E-state index in [0.29, 0.717) is 11.3 Å². The number of hydrogen-bond acceptors (Lipinski definition) is 8. The molecule has 4 N–H and O–H groups in total. The fraction of sp³-hybridized carbons (Fsp3) is 0.250. The van der Waals surface area contributed by atoms with E-state index in [1.54, 1.807) is 12.1 Å². The summed E-state index contributed by atoms with van der Waals surface area (Å²) in [7, 11) is -4.05. The molecule has 0 saturated heterocycles. The van der Waals surface area contributed by atoms with Crippen LogP contribution in [0.3, 0.4) is 0 Å². The minimum Gasteiger partial charge on any atom is -0.493 e. The summed E-state index contributed by atoms with van der Waals surface area (Å²) in [6.07, 6.45) is -0.960. The number of benzene rings is 2. The van der Waals surface area contributed by atoms with Crippen LogP contribution in [-0.2, 0) is 20.0 Å². The van der Waals surface area contributed by atoms with Crippen LogP contribution in [0.2, 0.25) is 5.02 Å². The zero-order valence-electron chi connectivity index (χ0n) is 15.5. The number of sulfonamides is 2. The van der Waals surface area contributed by atoms with Crippen LogP contribution in [0.25, 0.3) is 0 Å². The Bertz CT molecular complexity index is 1180. The number of primary sulfonamides is 1. The van der Waals surface area contributed by atoms with Gasteiger partial charge in [-0.25, -0.2) is 22.0 Å². The first kappa shape index (κ1) is 21.5. The molecular formula is C16H18ClN3O7S2. The lowest BCUT2D eigenvalue weighted by Crippen LogP contribution is -2.38. The number of nitrogens with two attached hydrogens (primary N) is 1. The molecule has 0 aromatic heterocycles. The third-order valence-corrected chi connectivity index (χ3v) is 7.09. The van der Waals surface area contributed by atoms with E-state index in [-0.39, 0.29) is 27.1 Å². The summed E-state index contributed by atoms with van der Waals surface area (Å²) in [5.74, 6) is 0.928. The van der Waals surface area contributed by atoms with Crippen molar-refractivity contribution in [2.45, 2.75) is 16.0 Å². The van der Waals surface area contributed by atoms with Crippen LogP contribution < -0.4 is 29.4 Å². The summed E-state index contributed by atoms with van der Waals surface area (Å²) in [6, 6.07) is 5.30. The van der Waals surface area contributed by atoms with Gasteiger partial charge in [-0.3, -0.25) is 0 Å². The van der Waals surface area contributed by atoms with Crippen LogP contribution in [-0.4, -0.2) is 38.2 Å². The van der Waals surface area contributed by atoms with Crippen molar-refractivity contribution in [2.75, 3.05) is 26.6 Å². The minimum absolute atomic E-state index is 0.1000. The Morgan fingerprint density at radius 1 is 1.07 bits per heavy atom. The van der Waals surface area contributed by atoms with Crippen LogP contribution in [0, 0.1) is 0 Å². The van der Waals surface area contributed by atoms with E-state index in [1.807, 2.05) is 0 Å². The summed E-state index contributed by atoms with van der Waals surface area (Å²) >= 11 is 6.00. The maximum atomic E-state index is 12.8. The van der Waals surface area contributed by atoms with Crippen molar-refractivity contribution in [1.82, 2.24) is 4.72 Å². The lowest BCUT2D eigenvalue weighted by atomic mass is 10.1. The van der Waals surface area contributed by atoms with Crippen LogP contribution in [0.4, 0.5) is 5.69 Å². The Morgan fingerprint density at radius 3 is 2.28 bits per heavy atom. The molecule has 29 heavy (non-hydrogen) atoms. The van der Waals surface area contributed by atoms with Crippen molar-refractivity contribution in [3.63, 3.8) is 0 Å². The standard InChI is InChI=1S/C16H18ClN3O7S2/c1-25-11-5-4-8(14(26-2)15(11)27-3)16-19-10-6-9(17)12(28(18,21)22)7-13(10)29(23,24)20-16/h4-7,16,19-20H,1-3H3,(H2,18,21,22). The molecule has 0 spiro atoms. The molecule has 0 radical (unpaired) electrons. The maximum absolute atomic E-state index is 12.8. The first-order valence-corrected chi connectivity index (χ1v) is 11.4. The molecular weight excluding hydrogens is 446 g/mol. The zero-order valence-corrected chi connectivity index (χ0v) is 17.9. The molecule has 0 fully saturated rings. The summed E-state index contributed by atoms with van der Waals surface area (Å²) in [5, 5.41) is 7.86. The van der Waals surface area contributed by atoms with E-state index in [1.165, 1.54) is 27.4 Å². The van der Waals surface area contributed by atoms with Gasteiger partial charge in [0.1, 0.15) is 16.0 Å². The zero-order chi connectivity index (χ0) is 21.6. The predicted octanol–water partition coefficient (Wildman–Crippen LogP) is 1.42. The Balaban J connectivity index is 2.16. The fourth-order valence-electron chi connectivity index (χ4n) is 2.98. The second kappa shape index (κ2) is 7.54. The van der Waals surface area contributed by atoms with Gasteiger partial charge in [-0.1, -0.05) is 11.6 Å². The van der Waals surface area contributed by atoms with Gasteiger partial charge in [-0.05, 0) is 24.3 Å². The molecule has 0 saturated carbocycles. The van der Waals surface area contributed by atoms with Crippen LogP contribution in [0.1, 0.15) is 11.7 Å². The smallest absolute Gasteiger partial charge is 0.244 e. The molecule has 10 nitrogen and oxygen atoms in total. The molecule has 2 aromatic rings. The van der Waals surface area contributed by atoms with E-state index in [2.05, 4.69) is 10.0 Å². The van der Waals surface area contributed by atoms with Crippen molar-refractivity contribution in [2.24, 2.45) is 5.14 Å². The van der Waals surface area contributed by atoms with Crippen molar-refractivity contribution in [3.8, 4) is 17.2 Å². The van der Waals surface area contributed by atoms with Gasteiger partial charge < -0.3 is 19.5 Å². The molecule has 1 unspecified atom stereocenters. The van der Waals surface area contributed by atoms with E-state index < -0.39 is 31.1 Å². The molecule has 0 bridgehead atoms. The fourth-order valence-corrected chi connectivity index (χ4v) is 5.46. The SMILES string of the molecule is COc1ccc(C2Nc3cc(Cl)c(S(N)(=O)=O)cc3S(=O)(=O)N2)c(OC)c1OC. The summed E-state index contributed by atoms with van der Waals surface area (Å²) in [4.78, 5) is -0.797. The van der Waals surface area contributed by atoms with Gasteiger partial charge in [0.05, 0.1) is 32.0 Å². The number of rotatable bonds is 5. The van der Waals surface area contributed by atoms with E-state index in [0.717, 1.165) is 6.07 Å². The van der Waals surface area contributed by atoms with E-state index in [9.17, 15) is 16.8 Å². The molecule has 0 amide bonds. The lowest BCUT2D eigenvalue weighted by Gasteiger charge is -2.30. The Labute approximate surface area is 173 Å². The van der Waals surface area contributed by atoms with Gasteiger partial charge >= 0.3 is 0 Å². The lowest BCUT2D eigenvalue weighted by molar-refractivity contribution is 0.321. The molecule has 0 aliphatic carbocycles. The average Bonchev–Trinajstić information content (AvgIpc) is 2.64. The highest BCUT2D eigenvalue weighted by atomic mass is 35.5.